The van der Waals surface area contributed by atoms with Gasteiger partial charge in [0.1, 0.15) is 6.10 Å². The Labute approximate surface area is 108 Å². The normalized spacial score (nSPS) is 31.8. The molecule has 1 aliphatic heterocycles. The predicted molar refractivity (Wildman–Crippen MR) is 61.0 cm³/mol. The summed E-state index contributed by atoms with van der Waals surface area (Å²) in [7, 11) is 0. The number of aromatic amines is 1. The molecule has 0 spiro atoms. The average molecular weight is 325 g/mol. The van der Waals surface area contributed by atoms with Gasteiger partial charge in [0, 0.05) is 0 Å². The van der Waals surface area contributed by atoms with E-state index in [-0.39, 0.29) is 0 Å². The molecule has 0 radical (unpaired) electrons. The third-order valence-corrected chi connectivity index (χ3v) is 3.67. The summed E-state index contributed by atoms with van der Waals surface area (Å²) in [5.41, 5.74) is -1.98. The van der Waals surface area contributed by atoms with Crippen molar-refractivity contribution >= 4 is 15.9 Å². The van der Waals surface area contributed by atoms with Gasteiger partial charge in [0.05, 0.1) is 23.7 Å². The van der Waals surface area contributed by atoms with Crippen LogP contribution in [0.15, 0.2) is 15.8 Å². The second kappa shape index (κ2) is 4.92. The highest BCUT2D eigenvalue weighted by molar-refractivity contribution is 9.09. The Hall–Kier alpha value is -1.03. The second-order valence-corrected chi connectivity index (χ2v) is 4.88. The Morgan fingerprint density at radius 2 is 2.22 bits per heavy atom. The number of nitrogens with one attached hydrogen (secondary N) is 1. The van der Waals surface area contributed by atoms with E-state index in [9.17, 15) is 19.1 Å². The number of H-pyrrole nitrogens is 1. The number of aliphatic hydroxyl groups is 2. The Morgan fingerprint density at radius 3 is 2.78 bits per heavy atom. The van der Waals surface area contributed by atoms with Crippen LogP contribution in [0, 0.1) is 5.82 Å². The molecule has 1 aromatic heterocycles. The van der Waals surface area contributed by atoms with E-state index < -0.39 is 46.9 Å². The van der Waals surface area contributed by atoms with E-state index in [1.54, 1.807) is 4.98 Å². The molecule has 9 heteroatoms. The first-order chi connectivity index (χ1) is 8.45. The SMILES string of the molecule is O=c1[nH]c(=O)n([C@@H]2O[C@H](CO)[C@H](O)[C@H]2Br)cc1F. The van der Waals surface area contributed by atoms with E-state index in [0.717, 1.165) is 4.57 Å². The van der Waals surface area contributed by atoms with E-state index in [1.807, 2.05) is 0 Å². The summed E-state index contributed by atoms with van der Waals surface area (Å²) in [4.78, 5) is 23.5. The monoisotopic (exact) mass is 324 g/mol. The Bertz CT molecular complexity index is 559. The molecule has 0 saturated carbocycles. The summed E-state index contributed by atoms with van der Waals surface area (Å²) in [6.07, 6.45) is -2.26. The van der Waals surface area contributed by atoms with Gasteiger partial charge in [0.25, 0.3) is 5.56 Å². The lowest BCUT2D eigenvalue weighted by Gasteiger charge is -2.16. The number of aromatic nitrogens is 2. The van der Waals surface area contributed by atoms with Crippen LogP contribution >= 0.6 is 15.9 Å². The van der Waals surface area contributed by atoms with Crippen LogP contribution < -0.4 is 11.2 Å². The van der Waals surface area contributed by atoms with Crippen molar-refractivity contribution in [1.29, 1.82) is 0 Å². The van der Waals surface area contributed by atoms with E-state index in [1.165, 1.54) is 0 Å². The highest BCUT2D eigenvalue weighted by atomic mass is 79.9. The zero-order valence-electron chi connectivity index (χ0n) is 8.92. The molecular weight excluding hydrogens is 315 g/mol. The molecule has 0 unspecified atom stereocenters. The van der Waals surface area contributed by atoms with Crippen molar-refractivity contribution in [3.8, 4) is 0 Å². The maximum Gasteiger partial charge on any atom is 0.330 e. The van der Waals surface area contributed by atoms with Crippen LogP contribution in [0.3, 0.4) is 0 Å². The van der Waals surface area contributed by atoms with Gasteiger partial charge >= 0.3 is 5.69 Å². The van der Waals surface area contributed by atoms with Crippen LogP contribution in [0.2, 0.25) is 0 Å². The fourth-order valence-electron chi connectivity index (χ4n) is 1.73. The van der Waals surface area contributed by atoms with Crippen molar-refractivity contribution in [3.05, 3.63) is 32.9 Å². The standard InChI is InChI=1S/C9H10BrFN2O5/c10-5-6(15)4(2-14)18-8(5)13-1-3(11)7(16)12-9(13)17/h1,4-6,8,14-15H,2H2,(H,12,16,17)/t4-,5-,6+,8-/m1/s1. The predicted octanol–water partition coefficient (Wildman–Crippen LogP) is -1.31. The smallest absolute Gasteiger partial charge is 0.330 e. The number of hydrogen-bond donors (Lipinski definition) is 3. The number of aliphatic hydroxyl groups excluding tert-OH is 2. The quantitative estimate of drug-likeness (QED) is 0.586. The van der Waals surface area contributed by atoms with Crippen molar-refractivity contribution in [2.45, 2.75) is 23.3 Å². The fourth-order valence-corrected chi connectivity index (χ4v) is 2.45. The summed E-state index contributed by atoms with van der Waals surface area (Å²) in [6, 6.07) is 0. The van der Waals surface area contributed by atoms with E-state index >= 15 is 0 Å². The van der Waals surface area contributed by atoms with Crippen LogP contribution in [-0.2, 0) is 4.74 Å². The van der Waals surface area contributed by atoms with Crippen molar-refractivity contribution < 1.29 is 19.3 Å². The van der Waals surface area contributed by atoms with Gasteiger partial charge in [-0.2, -0.15) is 4.39 Å². The number of ether oxygens (including phenoxy) is 1. The average Bonchev–Trinajstić information content (AvgIpc) is 2.61. The first-order valence-corrected chi connectivity index (χ1v) is 5.96. The Kier molecular flexibility index (Phi) is 3.66. The van der Waals surface area contributed by atoms with Crippen molar-refractivity contribution in [3.63, 3.8) is 0 Å². The first kappa shape index (κ1) is 13.4. The van der Waals surface area contributed by atoms with Gasteiger partial charge in [0.15, 0.2) is 6.23 Å². The van der Waals surface area contributed by atoms with Crippen LogP contribution in [-0.4, -0.2) is 43.4 Å². The number of halogens is 2. The molecule has 7 nitrogen and oxygen atoms in total. The molecule has 3 N–H and O–H groups in total. The summed E-state index contributed by atoms with van der Waals surface area (Å²) >= 11 is 3.10. The van der Waals surface area contributed by atoms with Crippen LogP contribution in [0.1, 0.15) is 6.23 Å². The lowest BCUT2D eigenvalue weighted by Crippen LogP contribution is -2.36. The molecule has 4 atom stereocenters. The minimum Gasteiger partial charge on any atom is -0.394 e. The van der Waals surface area contributed by atoms with E-state index in [2.05, 4.69) is 15.9 Å². The summed E-state index contributed by atoms with van der Waals surface area (Å²) < 4.78 is 19.2. The Balaban J connectivity index is 2.42. The molecule has 0 bridgehead atoms. The minimum absolute atomic E-state index is 0.444. The summed E-state index contributed by atoms with van der Waals surface area (Å²) in [6.45, 7) is -0.444. The van der Waals surface area contributed by atoms with Crippen LogP contribution in [0.5, 0.6) is 0 Å². The lowest BCUT2D eigenvalue weighted by atomic mass is 10.2. The summed E-state index contributed by atoms with van der Waals surface area (Å²) in [5.74, 6) is -1.14. The lowest BCUT2D eigenvalue weighted by molar-refractivity contribution is -0.0459. The van der Waals surface area contributed by atoms with Crippen molar-refractivity contribution in [2.24, 2.45) is 0 Å². The number of nitrogens with zero attached hydrogens (tertiary/aromatic N) is 1. The van der Waals surface area contributed by atoms with Gasteiger partial charge < -0.3 is 14.9 Å². The maximum atomic E-state index is 13.1. The highest BCUT2D eigenvalue weighted by Gasteiger charge is 2.43. The molecule has 0 aliphatic carbocycles. The number of alkyl halides is 1. The molecule has 2 rings (SSSR count). The van der Waals surface area contributed by atoms with Gasteiger partial charge in [0.2, 0.25) is 5.82 Å². The summed E-state index contributed by atoms with van der Waals surface area (Å²) in [5, 5.41) is 18.7. The molecule has 1 fully saturated rings. The van der Waals surface area contributed by atoms with Gasteiger partial charge in [-0.05, 0) is 0 Å². The largest absolute Gasteiger partial charge is 0.394 e. The topological polar surface area (TPSA) is 105 Å². The third kappa shape index (κ3) is 2.14. The number of hydrogen-bond acceptors (Lipinski definition) is 5. The van der Waals surface area contributed by atoms with Crippen LogP contribution in [0.25, 0.3) is 0 Å². The third-order valence-electron chi connectivity index (χ3n) is 2.67. The first-order valence-electron chi connectivity index (χ1n) is 5.05. The molecule has 18 heavy (non-hydrogen) atoms. The maximum absolute atomic E-state index is 13.1. The molecule has 1 aromatic rings. The molecule has 100 valence electrons. The zero-order chi connectivity index (χ0) is 13.4. The van der Waals surface area contributed by atoms with Crippen molar-refractivity contribution in [1.82, 2.24) is 9.55 Å². The van der Waals surface area contributed by atoms with Gasteiger partial charge in [-0.15, -0.1) is 0 Å². The molecule has 0 amide bonds. The van der Waals surface area contributed by atoms with Gasteiger partial charge in [-0.1, -0.05) is 15.9 Å². The zero-order valence-corrected chi connectivity index (χ0v) is 10.5. The molecular formula is C9H10BrFN2O5. The molecule has 1 aliphatic rings. The van der Waals surface area contributed by atoms with Crippen molar-refractivity contribution in [2.75, 3.05) is 6.61 Å². The van der Waals surface area contributed by atoms with E-state index in [0.29, 0.717) is 6.20 Å². The molecule has 1 saturated heterocycles. The van der Waals surface area contributed by atoms with Crippen LogP contribution in [0.4, 0.5) is 4.39 Å². The van der Waals surface area contributed by atoms with Gasteiger partial charge in [-0.3, -0.25) is 14.3 Å². The minimum atomic E-state index is -1.14. The number of rotatable bonds is 2. The highest BCUT2D eigenvalue weighted by Crippen LogP contribution is 2.33. The van der Waals surface area contributed by atoms with E-state index in [4.69, 9.17) is 9.84 Å². The second-order valence-electron chi connectivity index (χ2n) is 3.83. The fraction of sp³-hybridized carbons (Fsp3) is 0.556. The van der Waals surface area contributed by atoms with Gasteiger partial charge in [-0.25, -0.2) is 4.79 Å². The molecule has 0 aromatic carbocycles. The molecule has 2 heterocycles. The Morgan fingerprint density at radius 1 is 1.56 bits per heavy atom.